The van der Waals surface area contributed by atoms with E-state index < -0.39 is 6.10 Å². The summed E-state index contributed by atoms with van der Waals surface area (Å²) < 4.78 is 10.8. The second-order valence-electron chi connectivity index (χ2n) is 6.82. The Balaban J connectivity index is 1.98. The molecule has 0 spiro atoms. The first kappa shape index (κ1) is 22.4. The number of aromatic hydroxyl groups is 1. The molecule has 1 unspecified atom stereocenters. The quantitative estimate of drug-likeness (QED) is 0.381. The summed E-state index contributed by atoms with van der Waals surface area (Å²) in [5.74, 6) is 2.14. The summed E-state index contributed by atoms with van der Waals surface area (Å²) >= 11 is 0. The molecule has 29 heavy (non-hydrogen) atoms. The third-order valence-electron chi connectivity index (χ3n) is 4.14. The summed E-state index contributed by atoms with van der Waals surface area (Å²) in [7, 11) is 1.58. The Kier molecular flexibility index (Phi) is 8.61. The van der Waals surface area contributed by atoms with Crippen LogP contribution < -0.4 is 20.1 Å². The summed E-state index contributed by atoms with van der Waals surface area (Å²) in [4.78, 5) is 4.48. The van der Waals surface area contributed by atoms with Gasteiger partial charge in [-0.05, 0) is 56.7 Å². The highest BCUT2D eigenvalue weighted by molar-refractivity contribution is 5.79. The van der Waals surface area contributed by atoms with Crippen molar-refractivity contribution in [3.8, 4) is 17.2 Å². The fraction of sp³-hybridized carbons (Fsp3) is 0.409. The second-order valence-corrected chi connectivity index (χ2v) is 6.82. The molecular weight excluding hydrogens is 370 g/mol. The van der Waals surface area contributed by atoms with E-state index in [0.29, 0.717) is 30.4 Å². The highest BCUT2D eigenvalue weighted by Gasteiger charge is 2.10. The number of methoxy groups -OCH3 is 1. The molecule has 0 heterocycles. The van der Waals surface area contributed by atoms with Crippen LogP contribution in [0, 0.1) is 0 Å². The lowest BCUT2D eigenvalue weighted by molar-refractivity contribution is 0.180. The minimum Gasteiger partial charge on any atom is -0.508 e. The molecule has 0 aliphatic heterocycles. The minimum absolute atomic E-state index is 0.107. The molecule has 0 saturated heterocycles. The zero-order valence-electron chi connectivity index (χ0n) is 17.5. The van der Waals surface area contributed by atoms with Gasteiger partial charge in [0.25, 0.3) is 0 Å². The molecule has 2 rings (SSSR count). The molecule has 158 valence electrons. The zero-order valence-corrected chi connectivity index (χ0v) is 17.5. The number of rotatable bonds is 9. The van der Waals surface area contributed by atoms with E-state index in [1.54, 1.807) is 25.3 Å². The van der Waals surface area contributed by atoms with Gasteiger partial charge in [-0.25, -0.2) is 4.99 Å². The predicted molar refractivity (Wildman–Crippen MR) is 115 cm³/mol. The van der Waals surface area contributed by atoms with E-state index in [4.69, 9.17) is 9.47 Å². The molecule has 0 amide bonds. The molecule has 2 aromatic carbocycles. The van der Waals surface area contributed by atoms with Gasteiger partial charge in [0.05, 0.1) is 25.9 Å². The van der Waals surface area contributed by atoms with Gasteiger partial charge < -0.3 is 30.3 Å². The Morgan fingerprint density at radius 1 is 1.07 bits per heavy atom. The number of nitrogens with zero attached hydrogens (tertiary/aromatic N) is 1. The average molecular weight is 402 g/mol. The van der Waals surface area contributed by atoms with Crippen LogP contribution >= 0.6 is 0 Å². The summed E-state index contributed by atoms with van der Waals surface area (Å²) in [5.41, 5.74) is 1.44. The zero-order chi connectivity index (χ0) is 21.2. The van der Waals surface area contributed by atoms with Gasteiger partial charge in [-0.1, -0.05) is 12.1 Å². The summed E-state index contributed by atoms with van der Waals surface area (Å²) in [6.45, 7) is 7.15. The van der Waals surface area contributed by atoms with Crippen LogP contribution in [0.4, 0.5) is 0 Å². The summed E-state index contributed by atoms with van der Waals surface area (Å²) in [6.07, 6.45) is -0.590. The van der Waals surface area contributed by atoms with E-state index in [-0.39, 0.29) is 18.4 Å². The molecule has 2 aromatic rings. The largest absolute Gasteiger partial charge is 0.508 e. The van der Waals surface area contributed by atoms with Gasteiger partial charge in [-0.3, -0.25) is 0 Å². The minimum atomic E-state index is -0.697. The second kappa shape index (κ2) is 11.2. The number of guanidine groups is 1. The Bertz CT molecular complexity index is 791. The number of phenolic OH excluding ortho intramolecular Hbond substituents is 1. The van der Waals surface area contributed by atoms with E-state index in [9.17, 15) is 10.2 Å². The monoisotopic (exact) mass is 401 g/mol. The lowest BCUT2D eigenvalue weighted by Gasteiger charge is -2.16. The van der Waals surface area contributed by atoms with Crippen molar-refractivity contribution in [2.45, 2.75) is 39.5 Å². The van der Waals surface area contributed by atoms with Gasteiger partial charge in [0.15, 0.2) is 5.96 Å². The Labute approximate surface area is 172 Å². The standard InChI is InChI=1S/C22H31N3O4/c1-5-23-22(24-13-17-12-19(28-4)10-11-20(17)26)25-14-21(27)16-6-8-18(9-7-16)29-15(2)3/h6-12,15,21,26-27H,5,13-14H2,1-4H3,(H2,23,24,25). The van der Waals surface area contributed by atoms with Crippen molar-refractivity contribution in [3.63, 3.8) is 0 Å². The molecule has 0 aromatic heterocycles. The third-order valence-corrected chi connectivity index (χ3v) is 4.14. The van der Waals surface area contributed by atoms with E-state index in [2.05, 4.69) is 15.6 Å². The maximum atomic E-state index is 10.5. The summed E-state index contributed by atoms with van der Waals surface area (Å²) in [6, 6.07) is 12.4. The fourth-order valence-corrected chi connectivity index (χ4v) is 2.67. The molecule has 0 saturated carbocycles. The Morgan fingerprint density at radius 3 is 2.38 bits per heavy atom. The topological polar surface area (TPSA) is 95.3 Å². The lowest BCUT2D eigenvalue weighted by atomic mass is 10.1. The van der Waals surface area contributed by atoms with Crippen molar-refractivity contribution < 1.29 is 19.7 Å². The van der Waals surface area contributed by atoms with Crippen LogP contribution in [0.3, 0.4) is 0 Å². The molecule has 0 fully saturated rings. The molecule has 0 aliphatic carbocycles. The molecule has 7 nitrogen and oxygen atoms in total. The highest BCUT2D eigenvalue weighted by Crippen LogP contribution is 2.23. The normalized spacial score (nSPS) is 12.6. The Morgan fingerprint density at radius 2 is 1.76 bits per heavy atom. The van der Waals surface area contributed by atoms with E-state index >= 15 is 0 Å². The van der Waals surface area contributed by atoms with Gasteiger partial charge in [-0.15, -0.1) is 0 Å². The van der Waals surface area contributed by atoms with Crippen LogP contribution in [-0.2, 0) is 6.54 Å². The first-order valence-electron chi connectivity index (χ1n) is 9.75. The lowest BCUT2D eigenvalue weighted by Crippen LogP contribution is -2.39. The number of aliphatic hydroxyl groups excluding tert-OH is 1. The number of ether oxygens (including phenoxy) is 2. The SMILES string of the molecule is CCNC(=NCc1cc(OC)ccc1O)NCC(O)c1ccc(OC(C)C)cc1. The van der Waals surface area contributed by atoms with Gasteiger partial charge in [0.2, 0.25) is 0 Å². The summed E-state index contributed by atoms with van der Waals surface area (Å²) in [5, 5.41) is 26.7. The maximum absolute atomic E-state index is 10.5. The van der Waals surface area contributed by atoms with Crippen LogP contribution in [0.15, 0.2) is 47.5 Å². The fourth-order valence-electron chi connectivity index (χ4n) is 2.67. The number of aliphatic imine (C=N–C) groups is 1. The van der Waals surface area contributed by atoms with Crippen LogP contribution in [0.1, 0.15) is 38.0 Å². The van der Waals surface area contributed by atoms with Gasteiger partial charge in [-0.2, -0.15) is 0 Å². The van der Waals surface area contributed by atoms with Crippen molar-refractivity contribution in [3.05, 3.63) is 53.6 Å². The third kappa shape index (κ3) is 7.19. The first-order chi connectivity index (χ1) is 13.9. The van der Waals surface area contributed by atoms with Crippen molar-refractivity contribution in [1.82, 2.24) is 10.6 Å². The molecule has 0 aliphatic rings. The number of aliphatic hydroxyl groups is 1. The molecule has 0 radical (unpaired) electrons. The number of benzene rings is 2. The van der Waals surface area contributed by atoms with E-state index in [1.165, 1.54) is 0 Å². The van der Waals surface area contributed by atoms with Crippen molar-refractivity contribution in [1.29, 1.82) is 0 Å². The van der Waals surface area contributed by atoms with Crippen molar-refractivity contribution in [2.24, 2.45) is 4.99 Å². The molecular formula is C22H31N3O4. The smallest absolute Gasteiger partial charge is 0.191 e. The van der Waals surface area contributed by atoms with Crippen LogP contribution in [0.25, 0.3) is 0 Å². The number of nitrogens with one attached hydrogen (secondary N) is 2. The van der Waals surface area contributed by atoms with Crippen LogP contribution in [0.5, 0.6) is 17.2 Å². The van der Waals surface area contributed by atoms with Crippen LogP contribution in [0.2, 0.25) is 0 Å². The van der Waals surface area contributed by atoms with E-state index in [0.717, 1.165) is 11.3 Å². The molecule has 1 atom stereocenters. The number of hydrogen-bond acceptors (Lipinski definition) is 5. The van der Waals surface area contributed by atoms with E-state index in [1.807, 2.05) is 45.0 Å². The van der Waals surface area contributed by atoms with Gasteiger partial charge >= 0.3 is 0 Å². The highest BCUT2D eigenvalue weighted by atomic mass is 16.5. The molecule has 7 heteroatoms. The van der Waals surface area contributed by atoms with Gasteiger partial charge in [0.1, 0.15) is 17.2 Å². The average Bonchev–Trinajstić information content (AvgIpc) is 2.71. The number of hydrogen-bond donors (Lipinski definition) is 4. The van der Waals surface area contributed by atoms with Crippen molar-refractivity contribution >= 4 is 5.96 Å². The number of phenols is 1. The van der Waals surface area contributed by atoms with Crippen LogP contribution in [-0.4, -0.2) is 42.5 Å². The Hall–Kier alpha value is -2.93. The molecule has 4 N–H and O–H groups in total. The maximum Gasteiger partial charge on any atom is 0.191 e. The molecule has 0 bridgehead atoms. The predicted octanol–water partition coefficient (Wildman–Crippen LogP) is 2.98. The van der Waals surface area contributed by atoms with Gasteiger partial charge in [0, 0.05) is 18.7 Å². The van der Waals surface area contributed by atoms with Crippen molar-refractivity contribution in [2.75, 3.05) is 20.2 Å². The first-order valence-corrected chi connectivity index (χ1v) is 9.75.